The van der Waals surface area contributed by atoms with Crippen LogP contribution in [-0.4, -0.2) is 33.7 Å². The van der Waals surface area contributed by atoms with E-state index in [9.17, 15) is 9.59 Å². The molecule has 0 aliphatic carbocycles. The maximum atomic E-state index is 11.4. The molecule has 0 saturated carbocycles. The van der Waals surface area contributed by atoms with E-state index >= 15 is 0 Å². The molecule has 6 nitrogen and oxygen atoms in total. The Balaban J connectivity index is 2.62. The monoisotopic (exact) mass is 225 g/mol. The molecule has 0 atom stereocenters. The van der Waals surface area contributed by atoms with E-state index in [2.05, 4.69) is 5.32 Å². The van der Waals surface area contributed by atoms with Crippen molar-refractivity contribution < 1.29 is 24.9 Å². The van der Waals surface area contributed by atoms with E-state index in [0.717, 1.165) is 6.07 Å². The number of benzene rings is 1. The molecule has 0 aliphatic heterocycles. The first-order valence-corrected chi connectivity index (χ1v) is 4.52. The number of hydrogen-bond donors (Lipinski definition) is 4. The summed E-state index contributed by atoms with van der Waals surface area (Å²) in [7, 11) is 0. The van der Waals surface area contributed by atoms with Gasteiger partial charge < -0.3 is 20.6 Å². The van der Waals surface area contributed by atoms with Gasteiger partial charge >= 0.3 is 5.97 Å². The van der Waals surface area contributed by atoms with E-state index in [1.54, 1.807) is 0 Å². The van der Waals surface area contributed by atoms with Crippen molar-refractivity contribution in [2.45, 2.75) is 6.42 Å². The lowest BCUT2D eigenvalue weighted by atomic mass is 10.2. The fourth-order valence-electron chi connectivity index (χ4n) is 1.11. The average Bonchev–Trinajstić information content (AvgIpc) is 2.15. The highest BCUT2D eigenvalue weighted by molar-refractivity contribution is 5.95. The number of phenols is 2. The summed E-state index contributed by atoms with van der Waals surface area (Å²) in [5.74, 6) is -2.03. The Morgan fingerprint density at radius 2 is 1.69 bits per heavy atom. The summed E-state index contributed by atoms with van der Waals surface area (Å²) in [6.07, 6.45) is -0.184. The summed E-state index contributed by atoms with van der Waals surface area (Å²) in [4.78, 5) is 21.6. The number of amides is 1. The van der Waals surface area contributed by atoms with E-state index in [0.29, 0.717) is 0 Å². The quantitative estimate of drug-likeness (QED) is 0.589. The first-order valence-electron chi connectivity index (χ1n) is 4.52. The third-order valence-electron chi connectivity index (χ3n) is 1.79. The minimum absolute atomic E-state index is 0.00934. The molecule has 0 aromatic heterocycles. The normalized spacial score (nSPS) is 9.75. The van der Waals surface area contributed by atoms with Crippen molar-refractivity contribution >= 4 is 11.9 Å². The van der Waals surface area contributed by atoms with E-state index in [1.807, 2.05) is 0 Å². The van der Waals surface area contributed by atoms with Gasteiger partial charge in [0.15, 0.2) is 0 Å². The van der Waals surface area contributed by atoms with Gasteiger partial charge in [-0.15, -0.1) is 0 Å². The topological polar surface area (TPSA) is 107 Å². The van der Waals surface area contributed by atoms with E-state index < -0.39 is 11.9 Å². The molecule has 0 bridgehead atoms. The number of aromatic hydroxyl groups is 2. The molecule has 0 saturated heterocycles. The number of carboxylic acids is 1. The second kappa shape index (κ2) is 5.01. The molecule has 16 heavy (non-hydrogen) atoms. The molecule has 4 N–H and O–H groups in total. The molecule has 1 amide bonds. The molecule has 0 fully saturated rings. The zero-order chi connectivity index (χ0) is 12.1. The third-order valence-corrected chi connectivity index (χ3v) is 1.79. The molecule has 0 spiro atoms. The highest BCUT2D eigenvalue weighted by Gasteiger charge is 2.08. The molecule has 6 heteroatoms. The van der Waals surface area contributed by atoms with Crippen LogP contribution >= 0.6 is 0 Å². The number of carboxylic acid groups (broad SMARTS) is 1. The van der Waals surface area contributed by atoms with Crippen LogP contribution in [0.1, 0.15) is 16.8 Å². The third kappa shape index (κ3) is 3.49. The Kier molecular flexibility index (Phi) is 3.71. The van der Waals surface area contributed by atoms with Gasteiger partial charge in [0.05, 0.1) is 6.42 Å². The highest BCUT2D eigenvalue weighted by atomic mass is 16.4. The highest BCUT2D eigenvalue weighted by Crippen LogP contribution is 2.20. The number of phenolic OH excluding ortho intramolecular Hbond substituents is 2. The summed E-state index contributed by atoms with van der Waals surface area (Å²) in [5.41, 5.74) is 0.0721. The molecule has 86 valence electrons. The van der Waals surface area contributed by atoms with Gasteiger partial charge in [-0.2, -0.15) is 0 Å². The SMILES string of the molecule is O=C(O)CCNC(=O)c1cc(O)cc(O)c1. The summed E-state index contributed by atoms with van der Waals surface area (Å²) in [5, 5.41) is 28.9. The Labute approximate surface area is 91.1 Å². The molecule has 1 aromatic carbocycles. The van der Waals surface area contributed by atoms with Crippen molar-refractivity contribution in [2.24, 2.45) is 0 Å². The number of rotatable bonds is 4. The largest absolute Gasteiger partial charge is 0.508 e. The van der Waals surface area contributed by atoms with Crippen LogP contribution in [0.25, 0.3) is 0 Å². The molecular weight excluding hydrogens is 214 g/mol. The van der Waals surface area contributed by atoms with Crippen molar-refractivity contribution in [2.75, 3.05) is 6.54 Å². The van der Waals surface area contributed by atoms with Crippen molar-refractivity contribution in [3.05, 3.63) is 23.8 Å². The van der Waals surface area contributed by atoms with Gasteiger partial charge in [-0.1, -0.05) is 0 Å². The van der Waals surface area contributed by atoms with Gasteiger partial charge in [-0.25, -0.2) is 0 Å². The Morgan fingerprint density at radius 1 is 1.12 bits per heavy atom. The lowest BCUT2D eigenvalue weighted by Crippen LogP contribution is -2.25. The van der Waals surface area contributed by atoms with Gasteiger partial charge in [0, 0.05) is 18.2 Å². The van der Waals surface area contributed by atoms with Crippen LogP contribution in [0.15, 0.2) is 18.2 Å². The second-order valence-electron chi connectivity index (χ2n) is 3.14. The average molecular weight is 225 g/mol. The predicted octanol–water partition coefficient (Wildman–Crippen LogP) is 0.302. The number of aliphatic carboxylic acids is 1. The van der Waals surface area contributed by atoms with Crippen LogP contribution in [0.2, 0.25) is 0 Å². The summed E-state index contributed by atoms with van der Waals surface area (Å²) in [6, 6.07) is 3.44. The standard InChI is InChI=1S/C10H11NO5/c12-7-3-6(4-8(13)5-7)10(16)11-2-1-9(14)15/h3-5,12-13H,1-2H2,(H,11,16)(H,14,15). The van der Waals surface area contributed by atoms with E-state index in [4.69, 9.17) is 15.3 Å². The fraction of sp³-hybridized carbons (Fsp3) is 0.200. The Bertz CT molecular complexity index is 395. The van der Waals surface area contributed by atoms with Crippen molar-refractivity contribution in [1.82, 2.24) is 5.32 Å². The number of carbonyl (C=O) groups excluding carboxylic acids is 1. The lowest BCUT2D eigenvalue weighted by Gasteiger charge is -2.04. The maximum absolute atomic E-state index is 11.4. The fourth-order valence-corrected chi connectivity index (χ4v) is 1.11. The zero-order valence-corrected chi connectivity index (χ0v) is 8.30. The van der Waals surface area contributed by atoms with E-state index in [-0.39, 0.29) is 30.0 Å². The summed E-state index contributed by atoms with van der Waals surface area (Å²) < 4.78 is 0. The van der Waals surface area contributed by atoms with E-state index in [1.165, 1.54) is 12.1 Å². The van der Waals surface area contributed by atoms with Gasteiger partial charge in [-0.05, 0) is 12.1 Å². The summed E-state index contributed by atoms with van der Waals surface area (Å²) in [6.45, 7) is -0.00934. The van der Waals surface area contributed by atoms with Gasteiger partial charge in [0.25, 0.3) is 5.91 Å². The Hall–Kier alpha value is -2.24. The molecule has 0 unspecified atom stereocenters. The first-order chi connectivity index (χ1) is 7.49. The molecule has 1 rings (SSSR count). The van der Waals surface area contributed by atoms with Crippen LogP contribution in [0.4, 0.5) is 0 Å². The predicted molar refractivity (Wildman–Crippen MR) is 54.4 cm³/mol. The molecule has 1 aromatic rings. The van der Waals surface area contributed by atoms with Crippen molar-refractivity contribution in [3.63, 3.8) is 0 Å². The minimum atomic E-state index is -1.01. The lowest BCUT2D eigenvalue weighted by molar-refractivity contribution is -0.136. The van der Waals surface area contributed by atoms with Crippen LogP contribution in [-0.2, 0) is 4.79 Å². The second-order valence-corrected chi connectivity index (χ2v) is 3.14. The van der Waals surface area contributed by atoms with Crippen molar-refractivity contribution in [3.8, 4) is 11.5 Å². The van der Waals surface area contributed by atoms with Crippen molar-refractivity contribution in [1.29, 1.82) is 0 Å². The van der Waals surface area contributed by atoms with Gasteiger partial charge in [0.2, 0.25) is 0 Å². The smallest absolute Gasteiger partial charge is 0.305 e. The summed E-state index contributed by atoms with van der Waals surface area (Å²) >= 11 is 0. The maximum Gasteiger partial charge on any atom is 0.305 e. The van der Waals surface area contributed by atoms with Crippen LogP contribution < -0.4 is 5.32 Å². The van der Waals surface area contributed by atoms with Crippen LogP contribution in [0.5, 0.6) is 11.5 Å². The molecule has 0 heterocycles. The van der Waals surface area contributed by atoms with Crippen LogP contribution in [0.3, 0.4) is 0 Å². The number of nitrogens with one attached hydrogen (secondary N) is 1. The minimum Gasteiger partial charge on any atom is -0.508 e. The zero-order valence-electron chi connectivity index (χ0n) is 8.30. The molecule has 0 aliphatic rings. The molecular formula is C10H11NO5. The number of hydrogen-bond acceptors (Lipinski definition) is 4. The van der Waals surface area contributed by atoms with Gasteiger partial charge in [0.1, 0.15) is 11.5 Å². The van der Waals surface area contributed by atoms with Crippen LogP contribution in [0, 0.1) is 0 Å². The Morgan fingerprint density at radius 3 is 2.19 bits per heavy atom. The number of carbonyl (C=O) groups is 2. The first kappa shape index (κ1) is 11.8. The molecule has 0 radical (unpaired) electrons. The van der Waals surface area contributed by atoms with Gasteiger partial charge in [-0.3, -0.25) is 9.59 Å².